The molecule has 0 aliphatic heterocycles. The Bertz CT molecular complexity index is 546. The second-order valence-corrected chi connectivity index (χ2v) is 7.38. The first-order valence-electron chi connectivity index (χ1n) is 8.94. The van der Waals surface area contributed by atoms with Gasteiger partial charge < -0.3 is 10.6 Å². The molecule has 4 rings (SSSR count). The van der Waals surface area contributed by atoms with Crippen LogP contribution in [0.2, 0.25) is 0 Å². The highest BCUT2D eigenvalue weighted by Crippen LogP contribution is 2.41. The molecule has 1 aromatic carbocycles. The van der Waals surface area contributed by atoms with Gasteiger partial charge in [-0.2, -0.15) is 0 Å². The van der Waals surface area contributed by atoms with Crippen LogP contribution in [0.3, 0.4) is 0 Å². The van der Waals surface area contributed by atoms with Gasteiger partial charge in [-0.25, -0.2) is 0 Å². The highest BCUT2D eigenvalue weighted by atomic mass is 16.1. The van der Waals surface area contributed by atoms with Gasteiger partial charge in [-0.15, -0.1) is 0 Å². The molecule has 0 unspecified atom stereocenters. The fourth-order valence-corrected chi connectivity index (χ4v) is 3.68. The average Bonchev–Trinajstić information content (AvgIpc) is 3.45. The number of hydrogen-bond donors (Lipinski definition) is 2. The van der Waals surface area contributed by atoms with Crippen molar-refractivity contribution < 1.29 is 4.79 Å². The van der Waals surface area contributed by atoms with Crippen molar-refractivity contribution in [1.82, 2.24) is 10.6 Å². The summed E-state index contributed by atoms with van der Waals surface area (Å²) in [5.74, 6) is 1.65. The zero-order valence-electron chi connectivity index (χ0n) is 13.2. The van der Waals surface area contributed by atoms with E-state index in [1.54, 1.807) is 0 Å². The summed E-state index contributed by atoms with van der Waals surface area (Å²) in [5.41, 5.74) is 2.16. The second-order valence-electron chi connectivity index (χ2n) is 7.38. The van der Waals surface area contributed by atoms with Gasteiger partial charge in [0.15, 0.2) is 0 Å². The molecule has 3 saturated carbocycles. The quantitative estimate of drug-likeness (QED) is 0.846. The van der Waals surface area contributed by atoms with Crippen LogP contribution >= 0.6 is 0 Å². The maximum Gasteiger partial charge on any atom is 0.251 e. The highest BCUT2D eigenvalue weighted by Gasteiger charge is 2.39. The molecule has 3 aliphatic carbocycles. The van der Waals surface area contributed by atoms with E-state index in [-0.39, 0.29) is 5.91 Å². The van der Waals surface area contributed by atoms with E-state index in [0.717, 1.165) is 24.3 Å². The molecule has 1 aromatic rings. The highest BCUT2D eigenvalue weighted by molar-refractivity contribution is 5.94. The van der Waals surface area contributed by atoms with E-state index in [9.17, 15) is 4.79 Å². The SMILES string of the molecule is O=C(NC1CCCC1)c1cccc([C@@H]2C[C@H]2NCC2CC2)c1. The van der Waals surface area contributed by atoms with Crippen LogP contribution in [0.15, 0.2) is 24.3 Å². The Morgan fingerprint density at radius 3 is 2.73 bits per heavy atom. The van der Waals surface area contributed by atoms with Crippen molar-refractivity contribution >= 4 is 5.91 Å². The summed E-state index contributed by atoms with van der Waals surface area (Å²) in [6.45, 7) is 1.18. The maximum atomic E-state index is 12.4. The van der Waals surface area contributed by atoms with E-state index in [4.69, 9.17) is 0 Å². The van der Waals surface area contributed by atoms with Crippen molar-refractivity contribution in [3.05, 3.63) is 35.4 Å². The molecule has 1 amide bonds. The zero-order valence-corrected chi connectivity index (χ0v) is 13.2. The van der Waals surface area contributed by atoms with E-state index in [1.807, 2.05) is 12.1 Å². The molecule has 3 fully saturated rings. The van der Waals surface area contributed by atoms with Gasteiger partial charge in [-0.3, -0.25) is 4.79 Å². The van der Waals surface area contributed by atoms with Crippen LogP contribution in [-0.2, 0) is 0 Å². The summed E-state index contributed by atoms with van der Waals surface area (Å²) in [6.07, 6.45) is 8.81. The number of rotatable bonds is 6. The van der Waals surface area contributed by atoms with Crippen molar-refractivity contribution in [1.29, 1.82) is 0 Å². The molecule has 2 atom stereocenters. The lowest BCUT2D eigenvalue weighted by molar-refractivity contribution is 0.0938. The normalized spacial score (nSPS) is 27.8. The summed E-state index contributed by atoms with van der Waals surface area (Å²) in [7, 11) is 0. The van der Waals surface area contributed by atoms with Gasteiger partial charge >= 0.3 is 0 Å². The monoisotopic (exact) mass is 298 g/mol. The molecule has 0 bridgehead atoms. The van der Waals surface area contributed by atoms with Crippen molar-refractivity contribution in [2.24, 2.45) is 5.92 Å². The third-order valence-electron chi connectivity index (χ3n) is 5.42. The van der Waals surface area contributed by atoms with Gasteiger partial charge in [-0.05, 0) is 62.3 Å². The van der Waals surface area contributed by atoms with E-state index in [2.05, 4.69) is 22.8 Å². The predicted molar refractivity (Wildman–Crippen MR) is 88.0 cm³/mol. The third kappa shape index (κ3) is 3.35. The minimum atomic E-state index is 0.108. The predicted octanol–water partition coefficient (Wildman–Crippen LogP) is 3.21. The number of carbonyl (C=O) groups is 1. The summed E-state index contributed by atoms with van der Waals surface area (Å²) in [6, 6.07) is 9.29. The second kappa shape index (κ2) is 6.04. The van der Waals surface area contributed by atoms with Crippen molar-refractivity contribution in [3.8, 4) is 0 Å². The van der Waals surface area contributed by atoms with E-state index in [0.29, 0.717) is 18.0 Å². The Morgan fingerprint density at radius 2 is 1.95 bits per heavy atom. The van der Waals surface area contributed by atoms with Gasteiger partial charge in [0.2, 0.25) is 0 Å². The molecule has 3 nitrogen and oxygen atoms in total. The number of carbonyl (C=O) groups excluding carboxylic acids is 1. The van der Waals surface area contributed by atoms with Crippen LogP contribution < -0.4 is 10.6 Å². The molecular formula is C19H26N2O. The van der Waals surface area contributed by atoms with Gasteiger partial charge in [0, 0.05) is 23.6 Å². The largest absolute Gasteiger partial charge is 0.349 e. The van der Waals surface area contributed by atoms with Crippen LogP contribution in [0.25, 0.3) is 0 Å². The lowest BCUT2D eigenvalue weighted by Gasteiger charge is -2.12. The number of nitrogens with one attached hydrogen (secondary N) is 2. The molecule has 0 saturated heterocycles. The van der Waals surface area contributed by atoms with Crippen molar-refractivity contribution in [3.63, 3.8) is 0 Å². The van der Waals surface area contributed by atoms with Gasteiger partial charge in [0.05, 0.1) is 0 Å². The van der Waals surface area contributed by atoms with Gasteiger partial charge in [0.1, 0.15) is 0 Å². The average molecular weight is 298 g/mol. The number of hydrogen-bond acceptors (Lipinski definition) is 2. The molecule has 0 radical (unpaired) electrons. The van der Waals surface area contributed by atoms with Crippen LogP contribution in [0.4, 0.5) is 0 Å². The number of benzene rings is 1. The summed E-state index contributed by atoms with van der Waals surface area (Å²) in [4.78, 5) is 12.4. The molecule has 22 heavy (non-hydrogen) atoms. The Labute approximate surface area is 132 Å². The first-order chi connectivity index (χ1) is 10.8. The molecular weight excluding hydrogens is 272 g/mol. The van der Waals surface area contributed by atoms with Crippen molar-refractivity contribution in [2.75, 3.05) is 6.54 Å². The maximum absolute atomic E-state index is 12.4. The van der Waals surface area contributed by atoms with Crippen LogP contribution in [0.5, 0.6) is 0 Å². The molecule has 0 heterocycles. The van der Waals surface area contributed by atoms with Crippen LogP contribution in [-0.4, -0.2) is 24.5 Å². The topological polar surface area (TPSA) is 41.1 Å². The Hall–Kier alpha value is -1.35. The van der Waals surface area contributed by atoms with E-state index in [1.165, 1.54) is 44.2 Å². The van der Waals surface area contributed by atoms with Crippen LogP contribution in [0, 0.1) is 5.92 Å². The van der Waals surface area contributed by atoms with E-state index < -0.39 is 0 Å². The van der Waals surface area contributed by atoms with E-state index >= 15 is 0 Å². The lowest BCUT2D eigenvalue weighted by atomic mass is 10.1. The first kappa shape index (κ1) is 14.3. The summed E-state index contributed by atoms with van der Waals surface area (Å²) >= 11 is 0. The van der Waals surface area contributed by atoms with Crippen molar-refractivity contribution in [2.45, 2.75) is 62.9 Å². The molecule has 2 N–H and O–H groups in total. The lowest BCUT2D eigenvalue weighted by Crippen LogP contribution is -2.32. The summed E-state index contributed by atoms with van der Waals surface area (Å²) < 4.78 is 0. The van der Waals surface area contributed by atoms with Gasteiger partial charge in [-0.1, -0.05) is 25.0 Å². The standard InChI is InChI=1S/C19H26N2O/c22-19(21-16-6-1-2-7-16)15-5-3-4-14(10-15)17-11-18(17)20-12-13-8-9-13/h3-5,10,13,16-18,20H,1-2,6-9,11-12H2,(H,21,22)/t17-,18+/m0/s1. The fraction of sp³-hybridized carbons (Fsp3) is 0.632. The third-order valence-corrected chi connectivity index (χ3v) is 5.42. The minimum Gasteiger partial charge on any atom is -0.349 e. The Morgan fingerprint density at radius 1 is 1.14 bits per heavy atom. The van der Waals surface area contributed by atoms with Crippen LogP contribution in [0.1, 0.15) is 66.8 Å². The first-order valence-corrected chi connectivity index (χ1v) is 8.94. The fourth-order valence-electron chi connectivity index (χ4n) is 3.68. The molecule has 118 valence electrons. The Kier molecular flexibility index (Phi) is 3.91. The molecule has 0 spiro atoms. The number of amides is 1. The Balaban J connectivity index is 1.34. The molecule has 3 aliphatic rings. The molecule has 0 aromatic heterocycles. The minimum absolute atomic E-state index is 0.108. The zero-order chi connectivity index (χ0) is 14.9. The molecule has 3 heteroatoms. The summed E-state index contributed by atoms with van der Waals surface area (Å²) in [5, 5.41) is 6.86. The van der Waals surface area contributed by atoms with Gasteiger partial charge in [0.25, 0.3) is 5.91 Å². The smallest absolute Gasteiger partial charge is 0.251 e.